The van der Waals surface area contributed by atoms with E-state index in [0.29, 0.717) is 24.4 Å². The van der Waals surface area contributed by atoms with Gasteiger partial charge in [0, 0.05) is 25.7 Å². The van der Waals surface area contributed by atoms with Crippen LogP contribution in [-0.4, -0.2) is 50.7 Å². The van der Waals surface area contributed by atoms with E-state index in [1.165, 1.54) is 0 Å². The Morgan fingerprint density at radius 3 is 2.86 bits per heavy atom. The number of amides is 1. The fourth-order valence-electron chi connectivity index (χ4n) is 3.27. The normalized spacial score (nSPS) is 28.8. The lowest BCUT2D eigenvalue weighted by Gasteiger charge is -2.42. The molecule has 2 aliphatic rings. The van der Waals surface area contributed by atoms with Gasteiger partial charge in [0.2, 0.25) is 5.91 Å². The molecule has 1 aromatic rings. The molecule has 3 rings (SSSR count). The number of rotatable bonds is 2. The van der Waals surface area contributed by atoms with Gasteiger partial charge < -0.3 is 11.1 Å². The minimum Gasteiger partial charge on any atom is -0.368 e. The maximum absolute atomic E-state index is 12.2. The standard InChI is InChI=1S/C14H19N3O3S/c15-14(18)12-9-16-6-7-17(12)11-5-8-21(19,20)13-4-2-1-3-10(11)13/h1-4,11-12,16H,5-9H2,(H2,15,18). The first kappa shape index (κ1) is 14.5. The molecule has 0 aliphatic carbocycles. The summed E-state index contributed by atoms with van der Waals surface area (Å²) >= 11 is 0. The Morgan fingerprint density at radius 2 is 2.10 bits per heavy atom. The van der Waals surface area contributed by atoms with E-state index in [2.05, 4.69) is 5.32 Å². The van der Waals surface area contributed by atoms with Gasteiger partial charge in [-0.05, 0) is 18.1 Å². The predicted octanol–water partition coefficient (Wildman–Crippen LogP) is -0.336. The second kappa shape index (κ2) is 5.40. The number of piperazine rings is 1. The van der Waals surface area contributed by atoms with Crippen LogP contribution in [0.2, 0.25) is 0 Å². The lowest BCUT2D eigenvalue weighted by Crippen LogP contribution is -2.58. The summed E-state index contributed by atoms with van der Waals surface area (Å²) in [5.74, 6) is -0.252. The summed E-state index contributed by atoms with van der Waals surface area (Å²) < 4.78 is 24.4. The molecule has 0 spiro atoms. The first-order valence-electron chi connectivity index (χ1n) is 7.08. The molecule has 0 bridgehead atoms. The molecule has 1 fully saturated rings. The van der Waals surface area contributed by atoms with Crippen LogP contribution in [0.15, 0.2) is 29.2 Å². The number of fused-ring (bicyclic) bond motifs is 1. The number of carbonyl (C=O) groups excluding carboxylic acids is 1. The molecule has 0 aromatic heterocycles. The largest absolute Gasteiger partial charge is 0.368 e. The van der Waals surface area contributed by atoms with E-state index < -0.39 is 15.9 Å². The van der Waals surface area contributed by atoms with Crippen LogP contribution >= 0.6 is 0 Å². The number of hydrogen-bond acceptors (Lipinski definition) is 5. The van der Waals surface area contributed by atoms with E-state index in [1.54, 1.807) is 12.1 Å². The van der Waals surface area contributed by atoms with Crippen molar-refractivity contribution >= 4 is 15.7 Å². The summed E-state index contributed by atoms with van der Waals surface area (Å²) in [7, 11) is -3.21. The number of primary amides is 1. The summed E-state index contributed by atoms with van der Waals surface area (Å²) in [6.07, 6.45) is 0.503. The number of nitrogens with one attached hydrogen (secondary N) is 1. The molecule has 21 heavy (non-hydrogen) atoms. The highest BCUT2D eigenvalue weighted by Gasteiger charge is 2.38. The monoisotopic (exact) mass is 309 g/mol. The second-order valence-electron chi connectivity index (χ2n) is 5.52. The minimum atomic E-state index is -3.21. The molecule has 7 heteroatoms. The zero-order valence-corrected chi connectivity index (χ0v) is 12.5. The van der Waals surface area contributed by atoms with Crippen molar-refractivity contribution in [3.05, 3.63) is 29.8 Å². The smallest absolute Gasteiger partial charge is 0.236 e. The SMILES string of the molecule is NC(=O)C1CNCCN1C1CCS(=O)(=O)c2ccccc21. The number of nitrogens with two attached hydrogens (primary N) is 1. The van der Waals surface area contributed by atoms with Crippen molar-refractivity contribution < 1.29 is 13.2 Å². The number of sulfone groups is 1. The molecular weight excluding hydrogens is 290 g/mol. The molecule has 2 unspecified atom stereocenters. The summed E-state index contributed by atoms with van der Waals surface area (Å²) in [5.41, 5.74) is 6.29. The molecule has 1 amide bonds. The summed E-state index contributed by atoms with van der Waals surface area (Å²) in [6, 6.07) is 6.62. The van der Waals surface area contributed by atoms with E-state index >= 15 is 0 Å². The van der Waals surface area contributed by atoms with Gasteiger partial charge in [-0.25, -0.2) is 8.42 Å². The Bertz CT molecular complexity index is 659. The molecule has 114 valence electrons. The molecule has 2 atom stereocenters. The molecular formula is C14H19N3O3S. The topological polar surface area (TPSA) is 92.5 Å². The van der Waals surface area contributed by atoms with Gasteiger partial charge in [0.1, 0.15) is 6.04 Å². The van der Waals surface area contributed by atoms with E-state index in [9.17, 15) is 13.2 Å². The second-order valence-corrected chi connectivity index (χ2v) is 7.60. The average Bonchev–Trinajstić information content (AvgIpc) is 2.47. The van der Waals surface area contributed by atoms with Gasteiger partial charge in [0.25, 0.3) is 0 Å². The van der Waals surface area contributed by atoms with Crippen LogP contribution in [0, 0.1) is 0 Å². The van der Waals surface area contributed by atoms with Gasteiger partial charge in [0.15, 0.2) is 9.84 Å². The summed E-state index contributed by atoms with van der Waals surface area (Å²) in [4.78, 5) is 14.1. The fraction of sp³-hybridized carbons (Fsp3) is 0.500. The minimum absolute atomic E-state index is 0.0654. The fourth-order valence-corrected chi connectivity index (χ4v) is 4.88. The Kier molecular flexibility index (Phi) is 3.73. The third-order valence-electron chi connectivity index (χ3n) is 4.29. The molecule has 2 heterocycles. The van der Waals surface area contributed by atoms with Gasteiger partial charge in [-0.15, -0.1) is 0 Å². The van der Waals surface area contributed by atoms with Crippen LogP contribution in [0.25, 0.3) is 0 Å². The Hall–Kier alpha value is -1.44. The first-order chi connectivity index (χ1) is 10.0. The third kappa shape index (κ3) is 2.56. The van der Waals surface area contributed by atoms with Crippen molar-refractivity contribution in [2.75, 3.05) is 25.4 Å². The highest BCUT2D eigenvalue weighted by Crippen LogP contribution is 2.37. The van der Waals surface area contributed by atoms with Gasteiger partial charge in [-0.3, -0.25) is 9.69 Å². The average molecular weight is 309 g/mol. The molecule has 2 aliphatic heterocycles. The molecule has 0 saturated carbocycles. The zero-order valence-electron chi connectivity index (χ0n) is 11.7. The van der Waals surface area contributed by atoms with Gasteiger partial charge in [0.05, 0.1) is 10.6 Å². The van der Waals surface area contributed by atoms with Crippen molar-refractivity contribution in [2.45, 2.75) is 23.4 Å². The first-order valence-corrected chi connectivity index (χ1v) is 8.73. The maximum atomic E-state index is 12.2. The highest BCUT2D eigenvalue weighted by molar-refractivity contribution is 7.91. The van der Waals surface area contributed by atoms with Crippen molar-refractivity contribution in [3.8, 4) is 0 Å². The van der Waals surface area contributed by atoms with Gasteiger partial charge in [-0.1, -0.05) is 18.2 Å². The lowest BCUT2D eigenvalue weighted by molar-refractivity contribution is -0.125. The molecule has 0 radical (unpaired) electrons. The predicted molar refractivity (Wildman–Crippen MR) is 78.4 cm³/mol. The van der Waals surface area contributed by atoms with Gasteiger partial charge >= 0.3 is 0 Å². The van der Waals surface area contributed by atoms with Crippen molar-refractivity contribution in [1.29, 1.82) is 0 Å². The maximum Gasteiger partial charge on any atom is 0.236 e. The number of benzene rings is 1. The van der Waals surface area contributed by atoms with Crippen LogP contribution in [0.5, 0.6) is 0 Å². The highest BCUT2D eigenvalue weighted by atomic mass is 32.2. The van der Waals surface area contributed by atoms with E-state index in [4.69, 9.17) is 5.73 Å². The van der Waals surface area contributed by atoms with Crippen LogP contribution in [0.4, 0.5) is 0 Å². The quantitative estimate of drug-likeness (QED) is 0.780. The number of nitrogens with zero attached hydrogens (tertiary/aromatic N) is 1. The molecule has 3 N–H and O–H groups in total. The van der Waals surface area contributed by atoms with Crippen LogP contribution < -0.4 is 11.1 Å². The van der Waals surface area contributed by atoms with Crippen LogP contribution in [-0.2, 0) is 14.6 Å². The van der Waals surface area contributed by atoms with Gasteiger partial charge in [-0.2, -0.15) is 0 Å². The molecule has 1 saturated heterocycles. The zero-order chi connectivity index (χ0) is 15.0. The van der Waals surface area contributed by atoms with E-state index in [-0.39, 0.29) is 17.7 Å². The Morgan fingerprint density at radius 1 is 1.33 bits per heavy atom. The Balaban J connectivity index is 2.01. The van der Waals surface area contributed by atoms with E-state index in [1.807, 2.05) is 17.0 Å². The number of hydrogen-bond donors (Lipinski definition) is 2. The van der Waals surface area contributed by atoms with Crippen molar-refractivity contribution in [1.82, 2.24) is 10.2 Å². The number of carbonyl (C=O) groups is 1. The Labute approximate surface area is 124 Å². The van der Waals surface area contributed by atoms with Crippen LogP contribution in [0.1, 0.15) is 18.0 Å². The summed E-state index contributed by atoms with van der Waals surface area (Å²) in [5, 5.41) is 3.16. The molecule has 6 nitrogen and oxygen atoms in total. The molecule has 1 aromatic carbocycles. The third-order valence-corrected chi connectivity index (χ3v) is 6.10. The van der Waals surface area contributed by atoms with Crippen molar-refractivity contribution in [2.24, 2.45) is 5.73 Å². The van der Waals surface area contributed by atoms with Crippen molar-refractivity contribution in [3.63, 3.8) is 0 Å². The van der Waals surface area contributed by atoms with E-state index in [0.717, 1.165) is 12.1 Å². The lowest BCUT2D eigenvalue weighted by atomic mass is 9.98. The van der Waals surface area contributed by atoms with Crippen LogP contribution in [0.3, 0.4) is 0 Å². The summed E-state index contributed by atoms with van der Waals surface area (Å²) in [6.45, 7) is 1.97.